The lowest BCUT2D eigenvalue weighted by Gasteiger charge is -2.12. The number of carbonyl (C=O) groups is 2. The largest absolute Gasteiger partial charge is 0.489 e. The molecule has 27 heavy (non-hydrogen) atoms. The van der Waals surface area contributed by atoms with Gasteiger partial charge >= 0.3 is 0 Å². The average Bonchev–Trinajstić information content (AvgIpc) is 2.71. The van der Waals surface area contributed by atoms with Crippen molar-refractivity contribution < 1.29 is 14.3 Å². The lowest BCUT2D eigenvalue weighted by Crippen LogP contribution is -2.42. The number of aryl methyl sites for hydroxylation is 1. The van der Waals surface area contributed by atoms with Crippen LogP contribution in [0.25, 0.3) is 0 Å². The van der Waals surface area contributed by atoms with Crippen molar-refractivity contribution in [1.29, 1.82) is 0 Å². The molecule has 5 nitrogen and oxygen atoms in total. The predicted molar refractivity (Wildman–Crippen MR) is 103 cm³/mol. The van der Waals surface area contributed by atoms with E-state index in [1.165, 1.54) is 0 Å². The molecule has 0 aliphatic heterocycles. The van der Waals surface area contributed by atoms with Gasteiger partial charge in [0.05, 0.1) is 0 Å². The summed E-state index contributed by atoms with van der Waals surface area (Å²) in [5.74, 6) is -0.0378. The van der Waals surface area contributed by atoms with Gasteiger partial charge < -0.3 is 4.74 Å². The van der Waals surface area contributed by atoms with Crippen LogP contribution >= 0.6 is 0 Å². The maximum Gasteiger partial charge on any atom is 0.270 e. The highest BCUT2D eigenvalue weighted by Gasteiger charge is 2.14. The van der Waals surface area contributed by atoms with Crippen LogP contribution in [0.2, 0.25) is 0 Å². The van der Waals surface area contributed by atoms with Gasteiger partial charge in [-0.1, -0.05) is 54.6 Å². The van der Waals surface area contributed by atoms with Crippen molar-refractivity contribution in [2.24, 2.45) is 0 Å². The first-order valence-electron chi connectivity index (χ1n) is 8.57. The standard InChI is InChI=1S/C22H20N2O3/c1-16-9-5-7-13-19(16)21(25)23-24-22(26)20-14-8-6-10-17(20)15-27-18-11-3-2-4-12-18/h2-14H,15H2,1H3,(H,23,25)(H,24,26). The fraction of sp³-hybridized carbons (Fsp3) is 0.0909. The van der Waals surface area contributed by atoms with Gasteiger partial charge in [0.15, 0.2) is 0 Å². The monoisotopic (exact) mass is 360 g/mol. The minimum absolute atomic E-state index is 0.249. The lowest BCUT2D eigenvalue weighted by molar-refractivity contribution is 0.0845. The van der Waals surface area contributed by atoms with Crippen LogP contribution in [0, 0.1) is 6.92 Å². The molecule has 0 unspecified atom stereocenters. The lowest BCUT2D eigenvalue weighted by atomic mass is 10.1. The number of hydrogen-bond donors (Lipinski definition) is 2. The molecule has 0 radical (unpaired) electrons. The molecule has 0 saturated carbocycles. The molecule has 0 saturated heterocycles. The van der Waals surface area contributed by atoms with Gasteiger partial charge in [0.2, 0.25) is 0 Å². The molecule has 3 rings (SSSR count). The van der Waals surface area contributed by atoms with Gasteiger partial charge in [-0.05, 0) is 36.8 Å². The highest BCUT2D eigenvalue weighted by atomic mass is 16.5. The molecule has 0 atom stereocenters. The minimum Gasteiger partial charge on any atom is -0.489 e. The number of nitrogens with one attached hydrogen (secondary N) is 2. The van der Waals surface area contributed by atoms with E-state index in [4.69, 9.17) is 4.74 Å². The van der Waals surface area contributed by atoms with Crippen LogP contribution in [0.1, 0.15) is 31.8 Å². The molecule has 5 heteroatoms. The number of hydrogen-bond acceptors (Lipinski definition) is 3. The average molecular weight is 360 g/mol. The summed E-state index contributed by atoms with van der Waals surface area (Å²) in [6.07, 6.45) is 0. The Kier molecular flexibility index (Phi) is 5.84. The molecule has 0 aliphatic carbocycles. The summed E-state index contributed by atoms with van der Waals surface area (Å²) in [7, 11) is 0. The molecule has 136 valence electrons. The number of ether oxygens (including phenoxy) is 1. The second-order valence-electron chi connectivity index (χ2n) is 5.98. The van der Waals surface area contributed by atoms with Gasteiger partial charge in [0.1, 0.15) is 12.4 Å². The molecular formula is C22H20N2O3. The zero-order chi connectivity index (χ0) is 19.1. The highest BCUT2D eigenvalue weighted by Crippen LogP contribution is 2.14. The zero-order valence-corrected chi connectivity index (χ0v) is 14.9. The maximum atomic E-state index is 12.5. The molecule has 0 bridgehead atoms. The van der Waals surface area contributed by atoms with Crippen molar-refractivity contribution in [3.63, 3.8) is 0 Å². The van der Waals surface area contributed by atoms with Crippen LogP contribution in [0.4, 0.5) is 0 Å². The molecular weight excluding hydrogens is 340 g/mol. The first-order valence-corrected chi connectivity index (χ1v) is 8.57. The van der Waals surface area contributed by atoms with Crippen molar-refractivity contribution in [1.82, 2.24) is 10.9 Å². The van der Waals surface area contributed by atoms with E-state index in [9.17, 15) is 9.59 Å². The van der Waals surface area contributed by atoms with E-state index >= 15 is 0 Å². The van der Waals surface area contributed by atoms with Gasteiger partial charge in [-0.2, -0.15) is 0 Å². The summed E-state index contributed by atoms with van der Waals surface area (Å²) in [6, 6.07) is 23.7. The molecule has 2 amide bonds. The van der Waals surface area contributed by atoms with Crippen LogP contribution in [0.3, 0.4) is 0 Å². The van der Waals surface area contributed by atoms with E-state index < -0.39 is 5.91 Å². The first-order chi connectivity index (χ1) is 13.1. The third-order valence-corrected chi connectivity index (χ3v) is 4.08. The molecule has 3 aromatic rings. The topological polar surface area (TPSA) is 67.4 Å². The molecule has 3 aromatic carbocycles. The highest BCUT2D eigenvalue weighted by molar-refractivity contribution is 6.00. The van der Waals surface area contributed by atoms with Crippen LogP contribution in [-0.4, -0.2) is 11.8 Å². The third kappa shape index (κ3) is 4.73. The molecule has 0 fully saturated rings. The Bertz CT molecular complexity index is 939. The fourth-order valence-electron chi connectivity index (χ4n) is 2.62. The van der Waals surface area contributed by atoms with Gasteiger partial charge in [0, 0.05) is 16.7 Å². The van der Waals surface area contributed by atoms with Crippen molar-refractivity contribution in [2.45, 2.75) is 13.5 Å². The first kappa shape index (κ1) is 18.2. The maximum absolute atomic E-state index is 12.5. The van der Waals surface area contributed by atoms with Crippen molar-refractivity contribution in [2.75, 3.05) is 0 Å². The van der Waals surface area contributed by atoms with E-state index in [2.05, 4.69) is 10.9 Å². The Morgan fingerprint density at radius 3 is 2.00 bits per heavy atom. The van der Waals surface area contributed by atoms with E-state index in [1.54, 1.807) is 24.3 Å². The van der Waals surface area contributed by atoms with Gasteiger partial charge in [0.25, 0.3) is 11.8 Å². The molecule has 0 heterocycles. The van der Waals surface area contributed by atoms with Crippen LogP contribution in [0.15, 0.2) is 78.9 Å². The van der Waals surface area contributed by atoms with Gasteiger partial charge in [-0.15, -0.1) is 0 Å². The van der Waals surface area contributed by atoms with Crippen LogP contribution in [-0.2, 0) is 6.61 Å². The summed E-state index contributed by atoms with van der Waals surface area (Å²) < 4.78 is 5.73. The SMILES string of the molecule is Cc1ccccc1C(=O)NNC(=O)c1ccccc1COc1ccccc1. The Morgan fingerprint density at radius 1 is 0.741 bits per heavy atom. The molecule has 0 aromatic heterocycles. The van der Waals surface area contributed by atoms with Crippen LogP contribution < -0.4 is 15.6 Å². The van der Waals surface area contributed by atoms with Crippen molar-refractivity contribution in [3.8, 4) is 5.75 Å². The zero-order valence-electron chi connectivity index (χ0n) is 14.9. The second kappa shape index (κ2) is 8.67. The van der Waals surface area contributed by atoms with E-state index in [1.807, 2.05) is 61.5 Å². The normalized spacial score (nSPS) is 10.1. The van der Waals surface area contributed by atoms with Crippen molar-refractivity contribution >= 4 is 11.8 Å². The number of hydrazine groups is 1. The van der Waals surface area contributed by atoms with Crippen molar-refractivity contribution in [3.05, 3.63) is 101 Å². The summed E-state index contributed by atoms with van der Waals surface area (Å²) in [6.45, 7) is 2.09. The summed E-state index contributed by atoms with van der Waals surface area (Å²) in [4.78, 5) is 24.8. The summed E-state index contributed by atoms with van der Waals surface area (Å²) in [5.41, 5.74) is 7.44. The van der Waals surface area contributed by atoms with E-state index in [0.29, 0.717) is 11.1 Å². The molecule has 2 N–H and O–H groups in total. The quantitative estimate of drug-likeness (QED) is 0.683. The third-order valence-electron chi connectivity index (χ3n) is 4.08. The number of rotatable bonds is 5. The van der Waals surface area contributed by atoms with Gasteiger partial charge in [-0.3, -0.25) is 20.4 Å². The summed E-state index contributed by atoms with van der Waals surface area (Å²) in [5, 5.41) is 0. The Hall–Kier alpha value is -3.60. The summed E-state index contributed by atoms with van der Waals surface area (Å²) >= 11 is 0. The number of amides is 2. The predicted octanol–water partition coefficient (Wildman–Crippen LogP) is 3.65. The Morgan fingerprint density at radius 2 is 1.30 bits per heavy atom. The number of benzene rings is 3. The minimum atomic E-state index is -0.399. The number of para-hydroxylation sites is 1. The Balaban J connectivity index is 1.65. The van der Waals surface area contributed by atoms with Crippen LogP contribution in [0.5, 0.6) is 5.75 Å². The van der Waals surface area contributed by atoms with E-state index in [0.717, 1.165) is 16.9 Å². The van der Waals surface area contributed by atoms with Gasteiger partial charge in [-0.25, -0.2) is 0 Å². The molecule has 0 aliphatic rings. The Labute approximate surface area is 158 Å². The van der Waals surface area contributed by atoms with E-state index in [-0.39, 0.29) is 12.5 Å². The molecule has 0 spiro atoms. The second-order valence-corrected chi connectivity index (χ2v) is 5.98. The smallest absolute Gasteiger partial charge is 0.270 e. The number of carbonyl (C=O) groups excluding carboxylic acids is 2. The fourth-order valence-corrected chi connectivity index (χ4v) is 2.62.